The number of nitrogens with one attached hydrogen (secondary N) is 1. The van der Waals surface area contributed by atoms with Crippen molar-refractivity contribution in [2.24, 2.45) is 0 Å². The number of aliphatic hydroxyl groups is 1. The Hall–Kier alpha value is -1.55. The van der Waals surface area contributed by atoms with Crippen LogP contribution in [-0.2, 0) is 11.2 Å². The van der Waals surface area contributed by atoms with E-state index in [1.165, 1.54) is 5.56 Å². The third-order valence-corrected chi connectivity index (χ3v) is 3.44. The Kier molecular flexibility index (Phi) is 2.16. The summed E-state index contributed by atoms with van der Waals surface area (Å²) < 4.78 is 0. The average molecular weight is 232 g/mol. The van der Waals surface area contributed by atoms with Crippen LogP contribution in [0, 0.1) is 0 Å². The summed E-state index contributed by atoms with van der Waals surface area (Å²) in [7, 11) is 0. The van der Waals surface area contributed by atoms with Gasteiger partial charge >= 0.3 is 0 Å². The van der Waals surface area contributed by atoms with Crippen molar-refractivity contribution >= 4 is 11.6 Å². The van der Waals surface area contributed by atoms with Crippen LogP contribution in [0.3, 0.4) is 0 Å². The van der Waals surface area contributed by atoms with Crippen LogP contribution in [0.4, 0.5) is 5.69 Å². The van der Waals surface area contributed by atoms with E-state index in [0.717, 1.165) is 12.1 Å². The van der Waals surface area contributed by atoms with E-state index in [9.17, 15) is 9.90 Å². The van der Waals surface area contributed by atoms with Gasteiger partial charge in [0.25, 0.3) is 0 Å². The molecule has 0 bridgehead atoms. The van der Waals surface area contributed by atoms with E-state index >= 15 is 0 Å². The van der Waals surface area contributed by atoms with Gasteiger partial charge in [-0.25, -0.2) is 0 Å². The van der Waals surface area contributed by atoms with Crippen molar-refractivity contribution in [2.45, 2.75) is 25.0 Å². The predicted octanol–water partition coefficient (Wildman–Crippen LogP) is 0.616. The van der Waals surface area contributed by atoms with E-state index in [1.54, 1.807) is 11.8 Å². The first-order valence-electron chi connectivity index (χ1n) is 5.91. The van der Waals surface area contributed by atoms with Crippen LogP contribution in [-0.4, -0.2) is 40.6 Å². The number of hydrogen-bond acceptors (Lipinski definition) is 3. The van der Waals surface area contributed by atoms with Crippen LogP contribution in [0.1, 0.15) is 12.5 Å². The molecule has 4 heteroatoms. The number of para-hydroxylation sites is 1. The van der Waals surface area contributed by atoms with Crippen LogP contribution >= 0.6 is 0 Å². The van der Waals surface area contributed by atoms with Crippen molar-refractivity contribution in [1.82, 2.24) is 4.90 Å². The van der Waals surface area contributed by atoms with Crippen LogP contribution in [0.15, 0.2) is 24.3 Å². The highest BCUT2D eigenvalue weighted by Gasteiger charge is 2.42. The maximum atomic E-state index is 12.1. The van der Waals surface area contributed by atoms with E-state index in [1.807, 2.05) is 24.3 Å². The highest BCUT2D eigenvalue weighted by atomic mass is 16.3. The zero-order chi connectivity index (χ0) is 12.0. The normalized spacial score (nSPS) is 24.8. The predicted molar refractivity (Wildman–Crippen MR) is 64.8 cm³/mol. The summed E-state index contributed by atoms with van der Waals surface area (Å²) in [5.41, 5.74) is 1.55. The lowest BCUT2D eigenvalue weighted by Crippen LogP contribution is -2.64. The second-order valence-electron chi connectivity index (χ2n) is 5.25. The van der Waals surface area contributed by atoms with Gasteiger partial charge in [-0.1, -0.05) is 18.2 Å². The number of anilines is 1. The summed E-state index contributed by atoms with van der Waals surface area (Å²) in [5.74, 6) is 0.0905. The number of β-amino-alcohol motifs (C(OH)–C–C–N with tert-alkyl or cyclic N) is 1. The van der Waals surface area contributed by atoms with Gasteiger partial charge in [0.2, 0.25) is 5.91 Å². The summed E-state index contributed by atoms with van der Waals surface area (Å²) in [6, 6.07) is 7.83. The first-order valence-corrected chi connectivity index (χ1v) is 5.91. The average Bonchev–Trinajstić information content (AvgIpc) is 2.68. The molecule has 3 rings (SSSR count). The van der Waals surface area contributed by atoms with E-state index in [2.05, 4.69) is 5.32 Å². The van der Waals surface area contributed by atoms with Gasteiger partial charge in [0.1, 0.15) is 6.04 Å². The Morgan fingerprint density at radius 3 is 2.82 bits per heavy atom. The van der Waals surface area contributed by atoms with Crippen LogP contribution in [0.5, 0.6) is 0 Å². The van der Waals surface area contributed by atoms with Crippen molar-refractivity contribution < 1.29 is 9.90 Å². The summed E-state index contributed by atoms with van der Waals surface area (Å²) >= 11 is 0. The number of rotatable bonds is 1. The Morgan fingerprint density at radius 2 is 2.18 bits per heavy atom. The maximum absolute atomic E-state index is 12.1. The molecule has 0 aromatic heterocycles. The smallest absolute Gasteiger partial charge is 0.245 e. The molecule has 1 aromatic carbocycles. The van der Waals surface area contributed by atoms with Gasteiger partial charge in [0.15, 0.2) is 0 Å². The van der Waals surface area contributed by atoms with Gasteiger partial charge < -0.3 is 15.3 Å². The summed E-state index contributed by atoms with van der Waals surface area (Å²) in [5, 5.41) is 12.9. The number of carbonyl (C=O) groups excluding carboxylic acids is 1. The van der Waals surface area contributed by atoms with E-state index in [4.69, 9.17) is 0 Å². The zero-order valence-corrected chi connectivity index (χ0v) is 9.81. The van der Waals surface area contributed by atoms with Crippen molar-refractivity contribution in [1.29, 1.82) is 0 Å². The molecule has 2 heterocycles. The van der Waals surface area contributed by atoms with Crippen molar-refractivity contribution in [3.8, 4) is 0 Å². The van der Waals surface area contributed by atoms with E-state index < -0.39 is 5.60 Å². The van der Waals surface area contributed by atoms with Crippen LogP contribution in [0.2, 0.25) is 0 Å². The Bertz CT molecular complexity index is 437. The number of benzene rings is 1. The number of likely N-dealkylation sites (tertiary alicyclic amines) is 1. The summed E-state index contributed by atoms with van der Waals surface area (Å²) in [4.78, 5) is 13.8. The minimum absolute atomic E-state index is 0.0905. The molecule has 90 valence electrons. The van der Waals surface area contributed by atoms with Crippen molar-refractivity contribution in [3.63, 3.8) is 0 Å². The topological polar surface area (TPSA) is 52.6 Å². The highest BCUT2D eigenvalue weighted by molar-refractivity contribution is 5.88. The zero-order valence-electron chi connectivity index (χ0n) is 9.81. The first-order chi connectivity index (χ1) is 8.05. The molecule has 0 aliphatic carbocycles. The monoisotopic (exact) mass is 232 g/mol. The van der Waals surface area contributed by atoms with Crippen LogP contribution < -0.4 is 5.32 Å². The number of nitrogens with zero attached hydrogens (tertiary/aromatic N) is 1. The number of fused-ring (bicyclic) bond motifs is 1. The van der Waals surface area contributed by atoms with Crippen molar-refractivity contribution in [2.75, 3.05) is 18.4 Å². The van der Waals surface area contributed by atoms with Gasteiger partial charge in [-0.3, -0.25) is 4.79 Å². The van der Waals surface area contributed by atoms with Gasteiger partial charge in [-0.05, 0) is 18.6 Å². The molecular formula is C13H16N2O2. The molecule has 2 N–H and O–H groups in total. The standard InChI is InChI=1S/C13H16N2O2/c1-13(17)7-15(8-13)12(16)11-6-9-4-2-3-5-10(9)14-11/h2-5,11,14,17H,6-8H2,1H3. The quantitative estimate of drug-likeness (QED) is 0.746. The van der Waals surface area contributed by atoms with Gasteiger partial charge in [-0.15, -0.1) is 0 Å². The molecule has 1 atom stereocenters. The number of hydrogen-bond donors (Lipinski definition) is 2. The first kappa shape index (κ1) is 10.6. The molecule has 0 radical (unpaired) electrons. The third kappa shape index (κ3) is 1.78. The molecule has 1 unspecified atom stereocenters. The molecule has 1 aromatic rings. The minimum atomic E-state index is -0.693. The summed E-state index contributed by atoms with van der Waals surface area (Å²) in [6.45, 7) is 2.65. The van der Waals surface area contributed by atoms with Gasteiger partial charge in [0, 0.05) is 12.1 Å². The van der Waals surface area contributed by atoms with E-state index in [-0.39, 0.29) is 11.9 Å². The molecule has 1 saturated heterocycles. The summed E-state index contributed by atoms with van der Waals surface area (Å²) in [6.07, 6.45) is 0.744. The Balaban J connectivity index is 1.67. The number of carbonyl (C=O) groups is 1. The molecule has 1 amide bonds. The lowest BCUT2D eigenvalue weighted by atomic mass is 9.95. The van der Waals surface area contributed by atoms with E-state index in [0.29, 0.717) is 13.1 Å². The Morgan fingerprint density at radius 1 is 1.47 bits per heavy atom. The second-order valence-corrected chi connectivity index (χ2v) is 5.25. The molecule has 4 nitrogen and oxygen atoms in total. The molecule has 2 aliphatic rings. The van der Waals surface area contributed by atoms with Crippen LogP contribution in [0.25, 0.3) is 0 Å². The molecular weight excluding hydrogens is 216 g/mol. The molecule has 0 spiro atoms. The van der Waals surface area contributed by atoms with Gasteiger partial charge in [0.05, 0.1) is 18.7 Å². The molecule has 1 fully saturated rings. The molecule has 0 saturated carbocycles. The maximum Gasteiger partial charge on any atom is 0.245 e. The lowest BCUT2D eigenvalue weighted by molar-refractivity contribution is -0.152. The fraction of sp³-hybridized carbons (Fsp3) is 0.462. The largest absolute Gasteiger partial charge is 0.386 e. The molecule has 2 aliphatic heterocycles. The van der Waals surface area contributed by atoms with Crippen molar-refractivity contribution in [3.05, 3.63) is 29.8 Å². The fourth-order valence-corrected chi connectivity index (χ4v) is 2.60. The third-order valence-electron chi connectivity index (χ3n) is 3.44. The minimum Gasteiger partial charge on any atom is -0.386 e. The SMILES string of the molecule is CC1(O)CN(C(=O)C2Cc3ccccc3N2)C1. The highest BCUT2D eigenvalue weighted by Crippen LogP contribution is 2.28. The second kappa shape index (κ2) is 3.47. The molecule has 17 heavy (non-hydrogen) atoms. The fourth-order valence-electron chi connectivity index (χ4n) is 2.60. The number of amides is 1. The Labute approximate surface area is 100 Å². The lowest BCUT2D eigenvalue weighted by Gasteiger charge is -2.45. The van der Waals surface area contributed by atoms with Gasteiger partial charge in [-0.2, -0.15) is 0 Å².